The summed E-state index contributed by atoms with van der Waals surface area (Å²) in [5.41, 5.74) is 10.8. The summed E-state index contributed by atoms with van der Waals surface area (Å²) < 4.78 is 0. The highest BCUT2D eigenvalue weighted by Crippen LogP contribution is 2.30. The summed E-state index contributed by atoms with van der Waals surface area (Å²) in [6.45, 7) is 15.1. The van der Waals surface area contributed by atoms with Gasteiger partial charge in [-0.3, -0.25) is 0 Å². The highest BCUT2D eigenvalue weighted by molar-refractivity contribution is 5.54. The van der Waals surface area contributed by atoms with Gasteiger partial charge in [-0.2, -0.15) is 0 Å². The first-order chi connectivity index (χ1) is 8.45. The first-order valence-electron chi connectivity index (χ1n) is 7.32. The molecule has 2 N–H and O–H groups in total. The lowest BCUT2D eigenvalue weighted by molar-refractivity contribution is 0.489. The number of hydrogen-bond acceptors (Lipinski definition) is 1. The molecule has 18 heavy (non-hydrogen) atoms. The van der Waals surface area contributed by atoms with Crippen LogP contribution in [0.3, 0.4) is 0 Å². The van der Waals surface area contributed by atoms with Crippen molar-refractivity contribution in [1.82, 2.24) is 0 Å². The van der Waals surface area contributed by atoms with Crippen LogP contribution in [0.5, 0.6) is 0 Å². The molecule has 1 atom stereocenters. The largest absolute Gasteiger partial charge is 0.398 e. The highest BCUT2D eigenvalue weighted by Gasteiger charge is 2.13. The quantitative estimate of drug-likeness (QED) is 0.705. The molecule has 1 aromatic rings. The number of hydrogen-bond donors (Lipinski definition) is 1. The molecule has 104 valence electrons. The van der Waals surface area contributed by atoms with Gasteiger partial charge in [0.1, 0.15) is 0 Å². The van der Waals surface area contributed by atoms with E-state index >= 15 is 0 Å². The fourth-order valence-corrected chi connectivity index (χ4v) is 2.35. The number of nitrogen functional groups attached to an aromatic ring is 1. The molecule has 0 bridgehead atoms. The normalized spacial score (nSPS) is 12.0. The zero-order chi connectivity index (χ0) is 14.3. The van der Waals surface area contributed by atoms with E-state index in [1.807, 2.05) is 13.8 Å². The summed E-state index contributed by atoms with van der Waals surface area (Å²) in [7, 11) is 0. The molecule has 0 fully saturated rings. The molecule has 1 heteroatoms. The maximum Gasteiger partial charge on any atom is 0.0373 e. The molecule has 1 nitrogen and oxygen atoms in total. The van der Waals surface area contributed by atoms with Crippen LogP contribution in [0.2, 0.25) is 0 Å². The lowest BCUT2D eigenvalue weighted by Crippen LogP contribution is -2.04. The number of anilines is 1. The molecule has 0 saturated carbocycles. The molecule has 0 spiro atoms. The lowest BCUT2D eigenvalue weighted by atomic mass is 9.86. The van der Waals surface area contributed by atoms with Crippen molar-refractivity contribution < 1.29 is 0 Å². The van der Waals surface area contributed by atoms with Crippen molar-refractivity contribution in [2.75, 3.05) is 5.73 Å². The molecular formula is C17H31N. The zero-order valence-electron chi connectivity index (χ0n) is 13.3. The van der Waals surface area contributed by atoms with Gasteiger partial charge in [-0.05, 0) is 55.2 Å². The van der Waals surface area contributed by atoms with Crippen molar-refractivity contribution in [3.05, 3.63) is 28.8 Å². The minimum absolute atomic E-state index is 0.679. The molecule has 0 aromatic heterocycles. The molecule has 1 aromatic carbocycles. The Labute approximate surface area is 114 Å². The van der Waals surface area contributed by atoms with Crippen LogP contribution in [-0.2, 0) is 0 Å². The van der Waals surface area contributed by atoms with Gasteiger partial charge in [0.25, 0.3) is 0 Å². The zero-order valence-corrected chi connectivity index (χ0v) is 13.3. The van der Waals surface area contributed by atoms with Crippen LogP contribution in [0.25, 0.3) is 0 Å². The van der Waals surface area contributed by atoms with Crippen LogP contribution in [0, 0.1) is 19.8 Å². The Morgan fingerprint density at radius 3 is 1.83 bits per heavy atom. The van der Waals surface area contributed by atoms with E-state index in [1.165, 1.54) is 29.5 Å². The molecule has 0 aliphatic carbocycles. The second-order valence-electron chi connectivity index (χ2n) is 5.30. The van der Waals surface area contributed by atoms with E-state index in [-0.39, 0.29) is 0 Å². The van der Waals surface area contributed by atoms with Crippen molar-refractivity contribution in [2.24, 2.45) is 5.92 Å². The van der Waals surface area contributed by atoms with E-state index in [9.17, 15) is 0 Å². The van der Waals surface area contributed by atoms with Gasteiger partial charge in [0, 0.05) is 5.69 Å². The average Bonchev–Trinajstić information content (AvgIpc) is 2.34. The summed E-state index contributed by atoms with van der Waals surface area (Å²) in [4.78, 5) is 0. The Morgan fingerprint density at radius 1 is 1.06 bits per heavy atom. The number of aryl methyl sites for hydroxylation is 2. The summed E-state index contributed by atoms with van der Waals surface area (Å²) in [5, 5.41) is 0. The van der Waals surface area contributed by atoms with E-state index < -0.39 is 0 Å². The minimum atomic E-state index is 0.679. The van der Waals surface area contributed by atoms with Crippen molar-refractivity contribution >= 4 is 5.69 Å². The van der Waals surface area contributed by atoms with Crippen LogP contribution in [-0.4, -0.2) is 0 Å². The standard InChI is InChI=1S/C15H25N.C2H6/c1-6-13(7-10(2)3)14-8-11(4)15(16)12(5)9-14;1-2/h8-10,13H,6-7,16H2,1-5H3;1-2H3. The monoisotopic (exact) mass is 249 g/mol. The van der Waals surface area contributed by atoms with Gasteiger partial charge >= 0.3 is 0 Å². The van der Waals surface area contributed by atoms with Crippen molar-refractivity contribution in [3.63, 3.8) is 0 Å². The van der Waals surface area contributed by atoms with Gasteiger partial charge in [0.05, 0.1) is 0 Å². The van der Waals surface area contributed by atoms with Crippen LogP contribution >= 0.6 is 0 Å². The SMILES string of the molecule is CC.CCC(CC(C)C)c1cc(C)c(N)c(C)c1. The van der Waals surface area contributed by atoms with Crippen LogP contribution in [0.1, 0.15) is 70.1 Å². The Bertz CT molecular complexity index is 330. The summed E-state index contributed by atoms with van der Waals surface area (Å²) in [6, 6.07) is 4.53. The van der Waals surface area contributed by atoms with E-state index in [0.29, 0.717) is 5.92 Å². The van der Waals surface area contributed by atoms with Gasteiger partial charge in [-0.15, -0.1) is 0 Å². The molecule has 1 unspecified atom stereocenters. The smallest absolute Gasteiger partial charge is 0.0373 e. The molecule has 0 aliphatic heterocycles. The fourth-order valence-electron chi connectivity index (χ4n) is 2.35. The molecular weight excluding hydrogens is 218 g/mol. The van der Waals surface area contributed by atoms with Gasteiger partial charge in [-0.25, -0.2) is 0 Å². The Hall–Kier alpha value is -0.980. The lowest BCUT2D eigenvalue weighted by Gasteiger charge is -2.19. The molecule has 1 rings (SSSR count). The number of nitrogens with two attached hydrogens (primary N) is 1. The summed E-state index contributed by atoms with van der Waals surface area (Å²) in [6.07, 6.45) is 2.47. The molecule has 0 heterocycles. The Kier molecular flexibility index (Phi) is 7.73. The van der Waals surface area contributed by atoms with Crippen molar-refractivity contribution in [3.8, 4) is 0 Å². The first-order valence-corrected chi connectivity index (χ1v) is 7.32. The third-order valence-corrected chi connectivity index (χ3v) is 3.34. The predicted octanol–water partition coefficient (Wildman–Crippen LogP) is 5.45. The van der Waals surface area contributed by atoms with Gasteiger partial charge < -0.3 is 5.73 Å². The van der Waals surface area contributed by atoms with Crippen LogP contribution in [0.4, 0.5) is 5.69 Å². The topological polar surface area (TPSA) is 26.0 Å². The van der Waals surface area contributed by atoms with Gasteiger partial charge in [0.15, 0.2) is 0 Å². The molecule has 0 radical (unpaired) electrons. The Morgan fingerprint density at radius 2 is 1.50 bits per heavy atom. The van der Waals surface area contributed by atoms with E-state index in [4.69, 9.17) is 5.73 Å². The first kappa shape index (κ1) is 17.0. The van der Waals surface area contributed by atoms with E-state index in [0.717, 1.165) is 11.6 Å². The van der Waals surface area contributed by atoms with Gasteiger partial charge in [0.2, 0.25) is 0 Å². The minimum Gasteiger partial charge on any atom is -0.398 e. The van der Waals surface area contributed by atoms with Crippen LogP contribution in [0.15, 0.2) is 12.1 Å². The fraction of sp³-hybridized carbons (Fsp3) is 0.647. The van der Waals surface area contributed by atoms with E-state index in [2.05, 4.69) is 46.8 Å². The second kappa shape index (κ2) is 8.18. The van der Waals surface area contributed by atoms with Gasteiger partial charge in [-0.1, -0.05) is 46.8 Å². The maximum absolute atomic E-state index is 5.99. The predicted molar refractivity (Wildman–Crippen MR) is 84.2 cm³/mol. The van der Waals surface area contributed by atoms with Crippen molar-refractivity contribution in [1.29, 1.82) is 0 Å². The number of rotatable bonds is 4. The molecule has 0 aliphatic rings. The highest BCUT2D eigenvalue weighted by atomic mass is 14.6. The molecule has 0 saturated heterocycles. The third kappa shape index (κ3) is 4.72. The van der Waals surface area contributed by atoms with Crippen LogP contribution < -0.4 is 5.73 Å². The average molecular weight is 249 g/mol. The Balaban J connectivity index is 0.00000137. The van der Waals surface area contributed by atoms with E-state index in [1.54, 1.807) is 0 Å². The summed E-state index contributed by atoms with van der Waals surface area (Å²) >= 11 is 0. The third-order valence-electron chi connectivity index (χ3n) is 3.34. The molecule has 0 amide bonds. The summed E-state index contributed by atoms with van der Waals surface area (Å²) in [5.74, 6) is 1.43. The van der Waals surface area contributed by atoms with Crippen molar-refractivity contribution in [2.45, 2.75) is 67.2 Å². The second-order valence-corrected chi connectivity index (χ2v) is 5.30. The number of benzene rings is 1. The maximum atomic E-state index is 5.99.